The van der Waals surface area contributed by atoms with E-state index >= 15 is 0 Å². The van der Waals surface area contributed by atoms with E-state index in [2.05, 4.69) is 197 Å². The first-order chi connectivity index (χ1) is 68.4. The molecule has 16 rings (SSSR count). The Balaban J connectivity index is 0.000000264. The van der Waals surface area contributed by atoms with Gasteiger partial charge in [0.1, 0.15) is 24.4 Å². The molecular weight excluding hydrogens is 2160 g/mol. The summed E-state index contributed by atoms with van der Waals surface area (Å²) in [6, 6.07) is 67.9. The predicted molar refractivity (Wildman–Crippen MR) is 559 cm³/mol. The van der Waals surface area contributed by atoms with E-state index in [0.29, 0.717) is 27.7 Å². The van der Waals surface area contributed by atoms with E-state index in [-0.39, 0.29) is 164 Å². The molecule has 0 unspecified atom stereocenters. The number of aryl methyl sites for hydroxylation is 6. The second-order valence-electron chi connectivity index (χ2n) is 38.2. The average molecular weight is 2300 g/mol. The maximum absolute atomic E-state index is 12.0. The summed E-state index contributed by atoms with van der Waals surface area (Å²) in [7, 11) is -7.59. The zero-order chi connectivity index (χ0) is 104. The number of hydrogen-bond acceptors (Lipinski definition) is 19. The molecule has 35 heteroatoms. The van der Waals surface area contributed by atoms with Gasteiger partial charge in [0.25, 0.3) is 0 Å². The Hall–Kier alpha value is -3.73. The average Bonchev–Trinajstić information content (AvgIpc) is 1.62. The van der Waals surface area contributed by atoms with Crippen LogP contribution in [0.1, 0.15) is 208 Å². The van der Waals surface area contributed by atoms with Crippen molar-refractivity contribution < 1.29 is 219 Å². The summed E-state index contributed by atoms with van der Waals surface area (Å²) in [5.74, 6) is 1.95. The summed E-state index contributed by atoms with van der Waals surface area (Å²) >= 11 is 23.0. The van der Waals surface area contributed by atoms with Crippen LogP contribution in [0.15, 0.2) is 191 Å². The van der Waals surface area contributed by atoms with Gasteiger partial charge in [0, 0.05) is 113 Å². The molecule has 8 aliphatic rings. The molecule has 8 aliphatic heterocycles. The molecule has 0 amide bonds. The van der Waals surface area contributed by atoms with Crippen molar-refractivity contribution in [1.82, 2.24) is 0 Å². The molecule has 8 fully saturated rings. The van der Waals surface area contributed by atoms with Crippen molar-refractivity contribution in [1.29, 1.82) is 0 Å². The van der Waals surface area contributed by atoms with Gasteiger partial charge in [-0.15, -0.1) is 0 Å². The number of hydrogen-bond donors (Lipinski definition) is 2. The third kappa shape index (κ3) is 46.8. The van der Waals surface area contributed by atoms with Crippen molar-refractivity contribution >= 4 is 123 Å². The third-order valence-electron chi connectivity index (χ3n) is 26.5. The minimum Gasteiger partial charge on any atom is -0.458 e. The summed E-state index contributed by atoms with van der Waals surface area (Å²) in [5, 5.41) is 19.7. The molecule has 0 bridgehead atoms. The van der Waals surface area contributed by atoms with Gasteiger partial charge < -0.3 is 71.6 Å². The standard InChI is InChI=1S/C30H37ClO6.C19H24BrClO5.C17H25BO3.C11H15BrO2.C11H13BrO.2C11H13O.2BF3.2K/c1-5-27-18(2)28(35-19(3)32)30(36-20(4)33)29(37-27)24-12-13-26(31)25(15-24)14-22-9-6-21(7-10-22)8-11-23-16-34-17-23;1-5-16-10(2)17(24-11(3)22)19(25-12(4)23)18(26-16)13-6-7-15(21)14(8-13)9-20;1-16(2)17(3,4)21-18(20-16)15-9-7-13(8-10-15)5-6-14-11-19-12-14;12-11-5-3-9(4-6-11)1-2-10(7-13)8-14;12-11-5-3-9(4-6-11)1-2-10-7-13-8-10;2*1-2-4-10(5-3-1)6-7-11-8-12-9-11;2*2-1(3)4;;/h6-7,9-10,12-13,15,18,23,27-30H,5,8,11,14,16-17H2,1-4H3;6-8,10,16-19H,5,9H2,1-4H3;7-10,14H,5-6,11-12H2,1-4H3;3-6,10,13-14H,1-2,7-8H2;3-6,10H,1-2,7-8H2;2*2-5,11H,6-9H2;;;;/q;;;;;2*-1;;;2*+1/t18-,27-,28+,29+,30-;10-,16-,17+,18+,19-;;;;;;;;;/m11........./s1. The number of carbonyl (C=O) groups excluding carboxylic acids is 4. The molecule has 0 radical (unpaired) electrons. The van der Waals surface area contributed by atoms with Crippen LogP contribution in [0.3, 0.4) is 0 Å². The second-order valence-corrected chi connectivity index (χ2v) is 41.4. The smallest absolute Gasteiger partial charge is 0.458 e. The Morgan fingerprint density at radius 3 is 0.993 bits per heavy atom. The molecule has 8 aromatic rings. The van der Waals surface area contributed by atoms with Gasteiger partial charge in [-0.3, -0.25) is 45.1 Å². The fourth-order valence-corrected chi connectivity index (χ4v) is 18.4. The molecule has 0 aliphatic carbocycles. The van der Waals surface area contributed by atoms with Crippen LogP contribution in [0.4, 0.5) is 25.9 Å². The van der Waals surface area contributed by atoms with E-state index in [4.69, 9.17) is 94.8 Å². The van der Waals surface area contributed by atoms with Gasteiger partial charge in [-0.05, 0) is 203 Å². The van der Waals surface area contributed by atoms with E-state index in [9.17, 15) is 45.1 Å². The number of halogens is 11. The Bertz CT molecular complexity index is 4920. The van der Waals surface area contributed by atoms with Gasteiger partial charge in [-0.1, -0.05) is 209 Å². The first-order valence-electron chi connectivity index (χ1n) is 49.4. The minimum atomic E-state index is -3.67. The van der Waals surface area contributed by atoms with Crippen LogP contribution in [0.25, 0.3) is 0 Å². The molecule has 8 heterocycles. The zero-order valence-corrected chi connectivity index (χ0v) is 98.6. The van der Waals surface area contributed by atoms with Crippen molar-refractivity contribution in [3.8, 4) is 0 Å². The topological polar surface area (TPSA) is 229 Å². The van der Waals surface area contributed by atoms with Crippen molar-refractivity contribution in [2.24, 2.45) is 47.3 Å². The molecule has 145 heavy (non-hydrogen) atoms. The van der Waals surface area contributed by atoms with E-state index in [1.807, 2.05) is 94.4 Å². The van der Waals surface area contributed by atoms with E-state index in [0.717, 1.165) is 177 Å². The minimum absolute atomic E-state index is 0. The van der Waals surface area contributed by atoms with Gasteiger partial charge in [-0.25, -0.2) is 0 Å². The van der Waals surface area contributed by atoms with Crippen molar-refractivity contribution in [2.75, 3.05) is 79.3 Å². The van der Waals surface area contributed by atoms with Crippen LogP contribution in [0, 0.1) is 59.5 Å². The summed E-state index contributed by atoms with van der Waals surface area (Å²) in [5.41, 5.74) is 13.4. The van der Waals surface area contributed by atoms with Crippen LogP contribution < -0.4 is 108 Å². The molecule has 2 N–H and O–H groups in total. The van der Waals surface area contributed by atoms with Gasteiger partial charge in [0.2, 0.25) is 0 Å². The zero-order valence-electron chi connectivity index (χ0n) is 86.1. The monoisotopic (exact) mass is 2300 g/mol. The van der Waals surface area contributed by atoms with Gasteiger partial charge in [0.15, 0.2) is 12.2 Å². The number of alkyl halides is 1. The number of aliphatic hydroxyl groups excluding tert-OH is 2. The fourth-order valence-electron chi connectivity index (χ4n) is 16.8. The number of esters is 4. The van der Waals surface area contributed by atoms with Gasteiger partial charge in [0.05, 0.1) is 89.5 Å². The Morgan fingerprint density at radius 2 is 0.703 bits per heavy atom. The molecule has 19 nitrogen and oxygen atoms in total. The van der Waals surface area contributed by atoms with Crippen LogP contribution in [-0.4, -0.2) is 183 Å². The largest absolute Gasteiger partial charge is 1.00 e. The number of benzene rings is 8. The van der Waals surface area contributed by atoms with E-state index in [1.54, 1.807) is 6.07 Å². The van der Waals surface area contributed by atoms with Crippen molar-refractivity contribution in [3.63, 3.8) is 0 Å². The van der Waals surface area contributed by atoms with Crippen LogP contribution in [0.2, 0.25) is 10.0 Å². The molecule has 0 spiro atoms. The summed E-state index contributed by atoms with van der Waals surface area (Å²) < 4.78 is 133. The summed E-state index contributed by atoms with van der Waals surface area (Å²) in [6.45, 7) is 31.3. The van der Waals surface area contributed by atoms with Crippen molar-refractivity contribution in [3.05, 3.63) is 274 Å². The molecule has 8 saturated heterocycles. The number of carbonyl (C=O) groups is 4. The van der Waals surface area contributed by atoms with Gasteiger partial charge in [-0.2, -0.15) is 71.8 Å². The molecule has 0 aromatic heterocycles. The first-order valence-corrected chi connectivity index (χ1v) is 52.8. The maximum Gasteiger partial charge on any atom is 1.00 e. The number of rotatable bonds is 32. The number of aliphatic hydroxyl groups is 2. The third-order valence-corrected chi connectivity index (χ3v) is 28.9. The normalized spacial score (nSPS) is 21.0. The molecule has 8 aromatic carbocycles. The Morgan fingerprint density at radius 1 is 0.428 bits per heavy atom. The second kappa shape index (κ2) is 69.2. The predicted octanol–water partition coefficient (Wildman–Crippen LogP) is 17.9. The van der Waals surface area contributed by atoms with E-state index in [1.165, 1.54) is 106 Å². The van der Waals surface area contributed by atoms with Crippen LogP contribution >= 0.6 is 71.0 Å². The molecule has 782 valence electrons. The van der Waals surface area contributed by atoms with Crippen LogP contribution in [0.5, 0.6) is 0 Å². The first kappa shape index (κ1) is 130. The quantitative estimate of drug-likeness (QED) is 0.00997. The van der Waals surface area contributed by atoms with Gasteiger partial charge >= 0.3 is 149 Å². The maximum atomic E-state index is 12.0. The van der Waals surface area contributed by atoms with Crippen LogP contribution in [-0.2, 0) is 131 Å². The molecule has 0 saturated carbocycles. The van der Waals surface area contributed by atoms with Crippen molar-refractivity contribution in [2.45, 2.75) is 245 Å². The number of ether oxygens (including phenoxy) is 11. The van der Waals surface area contributed by atoms with E-state index < -0.39 is 75.6 Å². The Kier molecular flexibility index (Phi) is 62.0. The Labute approximate surface area is 976 Å². The summed E-state index contributed by atoms with van der Waals surface area (Å²) in [6.07, 6.45) is 11.7. The fraction of sp³-hybridized carbons (Fsp3) is 0.527. The molecule has 10 atom stereocenters. The SMILES string of the molecule is Brc1ccc(CCC2COC2)cc1.CC1(C)OB(c2ccc(CCC3COC3)cc2)OC1(C)C.CC[C@H]1O[C@@H](c2ccc(Cl)c(CBr)c2)[C@H](OC(C)=O)[C@@H](OC(C)=O)[C@@H]1C.CC[C@H]1O[C@@H](c2ccc(Cl)c(Cc3ccc(CCC4COC4)cc3)c2)[C@H](OC(C)=O)[C@@H](OC(C)=O)[C@@H]1C.FB(F)F.FB(F)F.OCC(CO)CCc1ccc(Br)cc1.[K+].[K+].[c-]1ccc(CCC2COC2)cc1.[c-]1ccc(CCC2COC2)cc1. The summed E-state index contributed by atoms with van der Waals surface area (Å²) in [4.78, 5) is 47.3. The molecular formula is C110H140B3Br3Cl2F6K2O19.